The molecule has 194 valence electrons. The van der Waals surface area contributed by atoms with Gasteiger partial charge in [-0.05, 0) is 29.8 Å². The Morgan fingerprint density at radius 2 is 1.67 bits per heavy atom. The molecule has 5 aromatic rings. The number of methoxy groups -OCH3 is 2. The average Bonchev–Trinajstić information content (AvgIpc) is 3.23. The molecule has 0 radical (unpaired) electrons. The molecule has 39 heavy (non-hydrogen) atoms. The molecule has 0 spiro atoms. The van der Waals surface area contributed by atoms with E-state index >= 15 is 0 Å². The molecule has 0 saturated carbocycles. The van der Waals surface area contributed by atoms with E-state index in [4.69, 9.17) is 20.3 Å². The van der Waals surface area contributed by atoms with Crippen LogP contribution >= 0.6 is 0 Å². The van der Waals surface area contributed by atoms with Gasteiger partial charge >= 0.3 is 24.8 Å². The number of ether oxygens (including phenoxy) is 2. The van der Waals surface area contributed by atoms with Crippen molar-refractivity contribution in [3.05, 3.63) is 107 Å². The minimum Gasteiger partial charge on any atom is -0.493 e. The summed E-state index contributed by atoms with van der Waals surface area (Å²) < 4.78 is 13.7. The molecule has 0 aliphatic rings. The molecule has 0 aliphatic carbocycles. The molecule has 2 heterocycles. The van der Waals surface area contributed by atoms with Gasteiger partial charge in [0.1, 0.15) is 5.56 Å². The Labute approximate surface area is 236 Å². The molecule has 3 N–H and O–H groups in total. The number of nitrogen functional groups attached to an aromatic ring is 1. The molecule has 0 atom stereocenters. The first-order valence-corrected chi connectivity index (χ1v) is 11.5. The number of carboxylic acids is 1. The number of hydrogen-bond acceptors (Lipinski definition) is 7. The Morgan fingerprint density at radius 1 is 0.974 bits per heavy atom. The van der Waals surface area contributed by atoms with E-state index in [2.05, 4.69) is 17.1 Å². The minimum atomic E-state index is -0.879. The Kier molecular flexibility index (Phi) is 9.44. The Balaban J connectivity index is 0.000000359. The predicted octanol–water partition coefficient (Wildman–Crippen LogP) is 0.936. The summed E-state index contributed by atoms with van der Waals surface area (Å²) in [5, 5.41) is 12.6. The van der Waals surface area contributed by atoms with E-state index in [0.29, 0.717) is 35.2 Å². The molecule has 10 nitrogen and oxygen atoms in total. The van der Waals surface area contributed by atoms with Gasteiger partial charge in [-0.15, -0.1) is 0 Å². The summed E-state index contributed by atoms with van der Waals surface area (Å²) in [6.45, 7) is 0.510. The normalized spacial score (nSPS) is 10.2. The zero-order valence-corrected chi connectivity index (χ0v) is 21.9. The molecule has 11 heteroatoms. The van der Waals surface area contributed by atoms with Crippen LogP contribution in [0, 0.1) is 7.05 Å². The second kappa shape index (κ2) is 12.7. The molecular formula is C28H26LiN5O5. The number of aromatic carboxylic acids is 1. The first-order chi connectivity index (χ1) is 18.3. The maximum absolute atomic E-state index is 11.5. The van der Waals surface area contributed by atoms with Crippen molar-refractivity contribution in [2.24, 2.45) is 0 Å². The van der Waals surface area contributed by atoms with Gasteiger partial charge < -0.3 is 34.4 Å². The Bertz CT molecular complexity index is 1650. The number of aromatic nitrogens is 4. The number of rotatable bonds is 6. The summed E-state index contributed by atoms with van der Waals surface area (Å²) in [6.07, 6.45) is 0. The molecule has 3 aromatic carbocycles. The Morgan fingerprint density at radius 3 is 2.28 bits per heavy atom. The number of hydrogen-bond donors (Lipinski definition) is 2. The van der Waals surface area contributed by atoms with Crippen molar-refractivity contribution in [2.75, 3.05) is 20.0 Å². The van der Waals surface area contributed by atoms with Gasteiger partial charge in [0.05, 0.1) is 43.1 Å². The molecule has 0 saturated heterocycles. The largest absolute Gasteiger partial charge is 1.00 e. The van der Waals surface area contributed by atoms with Crippen molar-refractivity contribution in [2.45, 2.75) is 6.54 Å². The van der Waals surface area contributed by atoms with Crippen molar-refractivity contribution in [3.63, 3.8) is 0 Å². The van der Waals surface area contributed by atoms with Gasteiger partial charge in [-0.25, -0.2) is 14.9 Å². The fourth-order valence-corrected chi connectivity index (χ4v) is 3.83. The number of anilines is 1. The summed E-state index contributed by atoms with van der Waals surface area (Å²) in [7, 11) is 6.78. The van der Waals surface area contributed by atoms with Gasteiger partial charge in [-0.1, -0.05) is 42.5 Å². The van der Waals surface area contributed by atoms with Gasteiger partial charge in [-0.3, -0.25) is 0 Å². The molecule has 0 unspecified atom stereocenters. The summed E-state index contributed by atoms with van der Waals surface area (Å²) in [5.41, 5.74) is 10.4. The van der Waals surface area contributed by atoms with Crippen molar-refractivity contribution in [1.29, 1.82) is 0 Å². The summed E-state index contributed by atoms with van der Waals surface area (Å²) >= 11 is 0. The van der Waals surface area contributed by atoms with E-state index < -0.39 is 5.97 Å². The van der Waals surface area contributed by atoms with E-state index in [1.54, 1.807) is 56.7 Å². The quantitative estimate of drug-likeness (QED) is 0.250. The Hall–Kier alpha value is -4.65. The van der Waals surface area contributed by atoms with Crippen LogP contribution in [0.2, 0.25) is 0 Å². The van der Waals surface area contributed by atoms with Crippen LogP contribution in [0.5, 0.6) is 11.5 Å². The standard InChI is InChI=1S/C21H20N5O3.C7H6O2.Li/c1-25-20(27)8-7-15(24-25)14-6-4-5-13(9-14)12-26-17-11-19(29-3)18(28-2)10-16(17)23-21(26)22;8-7(9)6-4-2-1-3-5-6;/h4-11H,1,12H2,2-3H3,(H2,22,23);1-5H,(H,8,9);/q-1;;+1. The van der Waals surface area contributed by atoms with E-state index in [1.807, 2.05) is 34.9 Å². The number of benzene rings is 3. The van der Waals surface area contributed by atoms with Crippen molar-refractivity contribution < 1.29 is 38.2 Å². The van der Waals surface area contributed by atoms with Crippen LogP contribution in [0.1, 0.15) is 15.9 Å². The number of nitrogens with two attached hydrogens (primary N) is 1. The topological polar surface area (TPSA) is 134 Å². The minimum absolute atomic E-state index is 0. The van der Waals surface area contributed by atoms with Crippen molar-refractivity contribution in [3.8, 4) is 22.8 Å². The first-order valence-electron chi connectivity index (χ1n) is 11.5. The van der Waals surface area contributed by atoms with Crippen LogP contribution in [0.3, 0.4) is 0 Å². The van der Waals surface area contributed by atoms with E-state index in [0.717, 1.165) is 26.8 Å². The van der Waals surface area contributed by atoms with Gasteiger partial charge in [0.15, 0.2) is 11.5 Å². The van der Waals surface area contributed by atoms with Crippen LogP contribution in [0.25, 0.3) is 22.3 Å². The van der Waals surface area contributed by atoms with Gasteiger partial charge in [0, 0.05) is 17.7 Å². The van der Waals surface area contributed by atoms with Gasteiger partial charge in [0.25, 0.3) is 0 Å². The third-order valence-corrected chi connectivity index (χ3v) is 5.73. The zero-order valence-electron chi connectivity index (χ0n) is 21.9. The van der Waals surface area contributed by atoms with Gasteiger partial charge in [-0.2, -0.15) is 7.05 Å². The van der Waals surface area contributed by atoms with Crippen molar-refractivity contribution >= 4 is 23.0 Å². The molecular weight excluding hydrogens is 493 g/mol. The number of carbonyl (C=O) groups is 1. The van der Waals surface area contributed by atoms with Crippen LogP contribution in [-0.2, 0) is 6.54 Å². The molecule has 0 fully saturated rings. The monoisotopic (exact) mass is 519 g/mol. The molecule has 5 rings (SSSR count). The third kappa shape index (κ3) is 6.62. The third-order valence-electron chi connectivity index (χ3n) is 5.73. The van der Waals surface area contributed by atoms with Crippen LogP contribution in [0.4, 0.5) is 5.95 Å². The summed E-state index contributed by atoms with van der Waals surface area (Å²) in [4.78, 5) is 26.2. The van der Waals surface area contributed by atoms with E-state index in [-0.39, 0.29) is 24.4 Å². The van der Waals surface area contributed by atoms with E-state index in [1.165, 1.54) is 6.07 Å². The SMILES string of the molecule is O=C(O)c1ccccc1.[CH2-]n1nc(-c2cccc(Cn3c(N)nc4cc(OC)c(OC)cc43)c2)ccc1=O.[Li+]. The zero-order chi connectivity index (χ0) is 27.2. The molecule has 2 aromatic heterocycles. The van der Waals surface area contributed by atoms with Crippen LogP contribution in [0.15, 0.2) is 83.7 Å². The maximum Gasteiger partial charge on any atom is 1.00 e. The number of nitrogens with zero attached hydrogens (tertiary/aromatic N) is 4. The molecule has 0 amide bonds. The number of imidazole rings is 1. The predicted molar refractivity (Wildman–Crippen MR) is 144 cm³/mol. The summed E-state index contributed by atoms with van der Waals surface area (Å²) in [5.74, 6) is 0.721. The van der Waals surface area contributed by atoms with Crippen LogP contribution < -0.4 is 39.6 Å². The first kappa shape index (κ1) is 28.9. The van der Waals surface area contributed by atoms with Gasteiger partial charge in [0.2, 0.25) is 5.95 Å². The maximum atomic E-state index is 11.5. The second-order valence-electron chi connectivity index (χ2n) is 8.18. The second-order valence-corrected chi connectivity index (χ2v) is 8.18. The van der Waals surface area contributed by atoms with Crippen molar-refractivity contribution in [1.82, 2.24) is 19.3 Å². The summed E-state index contributed by atoms with van der Waals surface area (Å²) in [6, 6.07) is 23.0. The fourth-order valence-electron chi connectivity index (χ4n) is 3.83. The number of fused-ring (bicyclic) bond motifs is 1. The number of carboxylic acid groups (broad SMARTS) is 1. The fraction of sp³-hybridized carbons (Fsp3) is 0.107. The van der Waals surface area contributed by atoms with Crippen LogP contribution in [-0.4, -0.2) is 44.6 Å². The molecule has 0 bridgehead atoms. The van der Waals surface area contributed by atoms with E-state index in [9.17, 15) is 9.59 Å². The smallest absolute Gasteiger partial charge is 0.493 e. The molecule has 0 aliphatic heterocycles. The average molecular weight is 519 g/mol.